The van der Waals surface area contributed by atoms with Crippen LogP contribution in [-0.2, 0) is 4.74 Å². The van der Waals surface area contributed by atoms with E-state index in [1.807, 2.05) is 12.1 Å². The Morgan fingerprint density at radius 1 is 1.05 bits per heavy atom. The minimum absolute atomic E-state index is 0.136. The average Bonchev–Trinajstić information content (AvgIpc) is 2.54. The van der Waals surface area contributed by atoms with Gasteiger partial charge in [0, 0.05) is 19.1 Å². The van der Waals surface area contributed by atoms with E-state index in [4.69, 9.17) is 18.9 Å². The highest BCUT2D eigenvalue weighted by Gasteiger charge is 2.18. The zero-order valence-electron chi connectivity index (χ0n) is 13.1. The van der Waals surface area contributed by atoms with Crippen molar-refractivity contribution in [3.05, 3.63) is 17.7 Å². The third-order valence-electron chi connectivity index (χ3n) is 3.57. The molecule has 0 aliphatic carbocycles. The van der Waals surface area contributed by atoms with Gasteiger partial charge in [-0.3, -0.25) is 0 Å². The molecular weight excluding hydrogens is 272 g/mol. The Morgan fingerprint density at radius 2 is 1.62 bits per heavy atom. The smallest absolute Gasteiger partial charge is 0.203 e. The number of hydrazine groups is 1. The van der Waals surface area contributed by atoms with Gasteiger partial charge in [0.1, 0.15) is 0 Å². The lowest BCUT2D eigenvalue weighted by atomic mass is 10.1. The van der Waals surface area contributed by atoms with Crippen LogP contribution in [0.25, 0.3) is 0 Å². The van der Waals surface area contributed by atoms with Crippen LogP contribution < -0.4 is 19.6 Å². The fraction of sp³-hybridized carbons (Fsp3) is 0.600. The number of benzene rings is 1. The molecule has 1 aromatic carbocycles. The van der Waals surface area contributed by atoms with Gasteiger partial charge in [0.05, 0.1) is 34.5 Å². The molecule has 1 unspecified atom stereocenters. The Kier molecular flexibility index (Phi) is 5.67. The van der Waals surface area contributed by atoms with Gasteiger partial charge in [-0.15, -0.1) is 0 Å². The minimum Gasteiger partial charge on any atom is -0.493 e. The van der Waals surface area contributed by atoms with E-state index in [0.29, 0.717) is 17.2 Å². The van der Waals surface area contributed by atoms with Crippen molar-refractivity contribution in [2.24, 2.45) is 0 Å². The molecular formula is C15H24N2O4. The fourth-order valence-electron chi connectivity index (χ4n) is 2.39. The molecule has 0 aromatic heterocycles. The molecule has 21 heavy (non-hydrogen) atoms. The number of rotatable bonds is 6. The van der Waals surface area contributed by atoms with Gasteiger partial charge in [-0.05, 0) is 24.6 Å². The molecule has 0 saturated carbocycles. The SMILES string of the molecule is COc1cc(C(C)NN2CCOCC2)cc(OC)c1OC. The molecule has 6 nitrogen and oxygen atoms in total. The maximum absolute atomic E-state index is 5.39. The molecule has 0 radical (unpaired) electrons. The molecule has 1 aliphatic rings. The summed E-state index contributed by atoms with van der Waals surface area (Å²) in [4.78, 5) is 0. The highest BCUT2D eigenvalue weighted by Crippen LogP contribution is 2.39. The summed E-state index contributed by atoms with van der Waals surface area (Å²) in [7, 11) is 4.86. The van der Waals surface area contributed by atoms with Crippen molar-refractivity contribution >= 4 is 0 Å². The summed E-state index contributed by atoms with van der Waals surface area (Å²) in [5.74, 6) is 1.95. The standard InChI is InChI=1S/C15H24N2O4/c1-11(16-17-5-7-21-8-6-17)12-9-13(18-2)15(20-4)14(10-12)19-3/h9-11,16H,5-8H2,1-4H3. The van der Waals surface area contributed by atoms with Gasteiger partial charge < -0.3 is 18.9 Å². The van der Waals surface area contributed by atoms with Crippen molar-refractivity contribution in [3.8, 4) is 17.2 Å². The maximum Gasteiger partial charge on any atom is 0.203 e. The topological polar surface area (TPSA) is 52.2 Å². The van der Waals surface area contributed by atoms with Crippen LogP contribution in [0.5, 0.6) is 17.2 Å². The molecule has 1 heterocycles. The second-order valence-electron chi connectivity index (χ2n) is 4.91. The van der Waals surface area contributed by atoms with Crippen molar-refractivity contribution < 1.29 is 18.9 Å². The highest BCUT2D eigenvalue weighted by atomic mass is 16.5. The molecule has 1 aromatic rings. The van der Waals surface area contributed by atoms with Crippen LogP contribution in [0.3, 0.4) is 0 Å². The minimum atomic E-state index is 0.136. The zero-order valence-corrected chi connectivity index (χ0v) is 13.1. The Labute approximate surface area is 125 Å². The lowest BCUT2D eigenvalue weighted by Crippen LogP contribution is -2.46. The van der Waals surface area contributed by atoms with E-state index in [9.17, 15) is 0 Å². The second-order valence-corrected chi connectivity index (χ2v) is 4.91. The summed E-state index contributed by atoms with van der Waals surface area (Å²) < 4.78 is 21.5. The van der Waals surface area contributed by atoms with E-state index in [-0.39, 0.29) is 6.04 Å². The van der Waals surface area contributed by atoms with Crippen molar-refractivity contribution in [3.63, 3.8) is 0 Å². The largest absolute Gasteiger partial charge is 0.493 e. The summed E-state index contributed by atoms with van der Waals surface area (Å²) in [5.41, 5.74) is 4.56. The third-order valence-corrected chi connectivity index (χ3v) is 3.57. The number of nitrogens with zero attached hydrogens (tertiary/aromatic N) is 1. The fourth-order valence-corrected chi connectivity index (χ4v) is 2.39. The second kappa shape index (κ2) is 7.49. The summed E-state index contributed by atoms with van der Waals surface area (Å²) in [6.07, 6.45) is 0. The molecule has 118 valence electrons. The van der Waals surface area contributed by atoms with Crippen LogP contribution in [0.1, 0.15) is 18.5 Å². The molecule has 0 bridgehead atoms. The first kappa shape index (κ1) is 15.9. The molecule has 1 fully saturated rings. The summed E-state index contributed by atoms with van der Waals surface area (Å²) >= 11 is 0. The molecule has 0 amide bonds. The van der Waals surface area contributed by atoms with E-state index in [2.05, 4.69) is 17.4 Å². The predicted octanol–water partition coefficient (Wildman–Crippen LogP) is 1.61. The monoisotopic (exact) mass is 296 g/mol. The van der Waals surface area contributed by atoms with E-state index in [1.165, 1.54) is 0 Å². The predicted molar refractivity (Wildman–Crippen MR) is 80.0 cm³/mol. The Morgan fingerprint density at radius 3 is 2.10 bits per heavy atom. The van der Waals surface area contributed by atoms with Crippen molar-refractivity contribution in [2.75, 3.05) is 47.6 Å². The van der Waals surface area contributed by atoms with Crippen molar-refractivity contribution in [2.45, 2.75) is 13.0 Å². The van der Waals surface area contributed by atoms with Gasteiger partial charge in [0.25, 0.3) is 0 Å². The summed E-state index contributed by atoms with van der Waals surface area (Å²) in [6.45, 7) is 5.39. The first-order valence-electron chi connectivity index (χ1n) is 7.08. The molecule has 0 spiro atoms. The van der Waals surface area contributed by atoms with Crippen LogP contribution in [-0.4, -0.2) is 52.6 Å². The quantitative estimate of drug-likeness (QED) is 0.861. The third kappa shape index (κ3) is 3.78. The molecule has 1 N–H and O–H groups in total. The van der Waals surface area contributed by atoms with E-state index < -0.39 is 0 Å². The van der Waals surface area contributed by atoms with Crippen LogP contribution in [0.15, 0.2) is 12.1 Å². The lowest BCUT2D eigenvalue weighted by Gasteiger charge is -2.30. The maximum atomic E-state index is 5.39. The van der Waals surface area contributed by atoms with Gasteiger partial charge in [0.2, 0.25) is 5.75 Å². The average molecular weight is 296 g/mol. The van der Waals surface area contributed by atoms with Gasteiger partial charge in [-0.1, -0.05) is 0 Å². The number of morpholine rings is 1. The Hall–Kier alpha value is -1.50. The zero-order chi connectivity index (χ0) is 15.2. The first-order valence-corrected chi connectivity index (χ1v) is 7.08. The number of hydrogen-bond acceptors (Lipinski definition) is 6. The normalized spacial score (nSPS) is 17.3. The van der Waals surface area contributed by atoms with Crippen molar-refractivity contribution in [1.82, 2.24) is 10.4 Å². The van der Waals surface area contributed by atoms with Crippen LogP contribution in [0.2, 0.25) is 0 Å². The Balaban J connectivity index is 2.17. The molecule has 1 atom stereocenters. The molecule has 2 rings (SSSR count). The highest BCUT2D eigenvalue weighted by molar-refractivity contribution is 5.54. The van der Waals surface area contributed by atoms with E-state index in [1.54, 1.807) is 21.3 Å². The van der Waals surface area contributed by atoms with Crippen LogP contribution >= 0.6 is 0 Å². The lowest BCUT2D eigenvalue weighted by molar-refractivity contribution is 0.00481. The van der Waals surface area contributed by atoms with Gasteiger partial charge in [0.15, 0.2) is 11.5 Å². The van der Waals surface area contributed by atoms with Gasteiger partial charge in [-0.25, -0.2) is 10.4 Å². The summed E-state index contributed by atoms with van der Waals surface area (Å²) in [5, 5.41) is 2.18. The molecule has 6 heteroatoms. The molecule has 1 aliphatic heterocycles. The van der Waals surface area contributed by atoms with Gasteiger partial charge >= 0.3 is 0 Å². The van der Waals surface area contributed by atoms with Crippen LogP contribution in [0.4, 0.5) is 0 Å². The first-order chi connectivity index (χ1) is 10.2. The Bertz CT molecular complexity index is 436. The molecule has 1 saturated heterocycles. The van der Waals surface area contributed by atoms with E-state index in [0.717, 1.165) is 31.9 Å². The van der Waals surface area contributed by atoms with E-state index >= 15 is 0 Å². The van der Waals surface area contributed by atoms with Gasteiger partial charge in [-0.2, -0.15) is 0 Å². The number of hydrogen-bond donors (Lipinski definition) is 1. The number of ether oxygens (including phenoxy) is 4. The van der Waals surface area contributed by atoms with Crippen molar-refractivity contribution in [1.29, 1.82) is 0 Å². The summed E-state index contributed by atoms with van der Waals surface area (Å²) in [6, 6.07) is 4.08. The van der Waals surface area contributed by atoms with Crippen LogP contribution in [0, 0.1) is 0 Å². The number of nitrogens with one attached hydrogen (secondary N) is 1. The number of methoxy groups -OCH3 is 3.